The number of nitrogen functional groups attached to an aromatic ring is 1. The Morgan fingerprint density at radius 1 is 1.18 bits per heavy atom. The summed E-state index contributed by atoms with van der Waals surface area (Å²) in [5.41, 5.74) is 6.75. The number of nitrogens with one attached hydrogen (secondary N) is 1. The zero-order valence-electron chi connectivity index (χ0n) is 21.0. The molecule has 3 heterocycles. The largest absolute Gasteiger partial charge is 0.465 e. The maximum atomic E-state index is 14.8. The molecule has 2 aromatic heterocycles. The van der Waals surface area contributed by atoms with E-state index < -0.39 is 23.3 Å². The number of hydrogen-bond donors (Lipinski definition) is 3. The van der Waals surface area contributed by atoms with Gasteiger partial charge in [-0.2, -0.15) is 4.98 Å². The zero-order valence-corrected chi connectivity index (χ0v) is 21.0. The minimum atomic E-state index is -1.06. The second-order valence-corrected chi connectivity index (χ2v) is 10.5. The number of benzene rings is 2. The molecule has 0 bridgehead atoms. The molecule has 0 spiro atoms. The van der Waals surface area contributed by atoms with Gasteiger partial charge in [0.25, 0.3) is 11.6 Å². The van der Waals surface area contributed by atoms with Gasteiger partial charge in [0, 0.05) is 41.7 Å². The minimum absolute atomic E-state index is 0.00529. The molecule has 4 N–H and O–H groups in total. The number of nitrogens with two attached hydrogens (primary N) is 1. The Hall–Kier alpha value is -4.15. The standard InChI is InChI=1S/C27H27F2N5O4/c1-13-15(17-11-19(29)20(30)12-18(17)28)5-6-16-22(13)34(14-3-4-14)24(35)21-23(16)38-25(31-21)33-9-7-27(2,8-10-33)32-26(36)37/h5-6,11-12,14,32H,3-4,7-10,30H2,1-2H3,(H,36,37). The summed E-state index contributed by atoms with van der Waals surface area (Å²) in [6.07, 6.45) is 1.71. The number of aryl methyl sites for hydroxylation is 1. The first-order chi connectivity index (χ1) is 18.1. The highest BCUT2D eigenvalue weighted by atomic mass is 19.1. The summed E-state index contributed by atoms with van der Waals surface area (Å²) >= 11 is 0. The molecule has 0 atom stereocenters. The van der Waals surface area contributed by atoms with Crippen molar-refractivity contribution in [3.63, 3.8) is 0 Å². The Bertz CT molecular complexity index is 1680. The average molecular weight is 524 g/mol. The predicted molar refractivity (Wildman–Crippen MR) is 140 cm³/mol. The van der Waals surface area contributed by atoms with Crippen molar-refractivity contribution in [2.24, 2.45) is 0 Å². The molecule has 1 aliphatic carbocycles. The molecule has 9 nitrogen and oxygen atoms in total. The monoisotopic (exact) mass is 523 g/mol. The highest BCUT2D eigenvalue weighted by molar-refractivity contribution is 6.04. The molecule has 4 aromatic rings. The van der Waals surface area contributed by atoms with E-state index in [0.717, 1.165) is 25.0 Å². The van der Waals surface area contributed by atoms with Crippen LogP contribution in [0.1, 0.15) is 44.2 Å². The third kappa shape index (κ3) is 3.84. The smallest absolute Gasteiger partial charge is 0.405 e. The Kier molecular flexibility index (Phi) is 5.37. The third-order valence-electron chi connectivity index (χ3n) is 7.79. The fourth-order valence-electron chi connectivity index (χ4n) is 5.50. The Labute approximate surface area is 215 Å². The van der Waals surface area contributed by atoms with Crippen molar-refractivity contribution in [1.29, 1.82) is 0 Å². The number of carbonyl (C=O) groups is 1. The number of hydrogen-bond acceptors (Lipinski definition) is 6. The first-order valence-electron chi connectivity index (χ1n) is 12.6. The van der Waals surface area contributed by atoms with Crippen LogP contribution in [0.25, 0.3) is 33.1 Å². The molecule has 1 aliphatic heterocycles. The number of anilines is 2. The van der Waals surface area contributed by atoms with E-state index >= 15 is 0 Å². The molecule has 1 saturated carbocycles. The summed E-state index contributed by atoms with van der Waals surface area (Å²) < 4.78 is 37.0. The van der Waals surface area contributed by atoms with Crippen molar-refractivity contribution in [1.82, 2.24) is 14.9 Å². The van der Waals surface area contributed by atoms with E-state index in [1.54, 1.807) is 23.6 Å². The average Bonchev–Trinajstić information content (AvgIpc) is 3.59. The molecule has 1 saturated heterocycles. The minimum Gasteiger partial charge on any atom is -0.465 e. The van der Waals surface area contributed by atoms with Crippen LogP contribution >= 0.6 is 0 Å². The van der Waals surface area contributed by atoms with E-state index in [0.29, 0.717) is 59.6 Å². The Morgan fingerprint density at radius 3 is 2.55 bits per heavy atom. The molecule has 2 aliphatic rings. The van der Waals surface area contributed by atoms with E-state index in [1.165, 1.54) is 0 Å². The molecule has 198 valence electrons. The number of oxazole rings is 1. The maximum absolute atomic E-state index is 14.8. The normalized spacial score (nSPS) is 17.3. The molecule has 38 heavy (non-hydrogen) atoms. The fraction of sp³-hybridized carbons (Fsp3) is 0.370. The molecule has 1 amide bonds. The molecular formula is C27H27F2N5O4. The van der Waals surface area contributed by atoms with E-state index in [2.05, 4.69) is 10.3 Å². The molecule has 2 fully saturated rings. The first kappa shape index (κ1) is 24.2. The summed E-state index contributed by atoms with van der Waals surface area (Å²) in [5, 5.41) is 12.4. The number of pyridine rings is 1. The molecular weight excluding hydrogens is 496 g/mol. The van der Waals surface area contributed by atoms with Crippen LogP contribution in [0.15, 0.2) is 33.5 Å². The van der Waals surface area contributed by atoms with Crippen molar-refractivity contribution >= 4 is 39.8 Å². The van der Waals surface area contributed by atoms with Gasteiger partial charge in [0.1, 0.15) is 11.6 Å². The Balaban J connectivity index is 1.49. The van der Waals surface area contributed by atoms with E-state index in [1.807, 2.05) is 11.8 Å². The van der Waals surface area contributed by atoms with Crippen molar-refractivity contribution in [3.05, 3.63) is 51.8 Å². The maximum Gasteiger partial charge on any atom is 0.405 e. The summed E-state index contributed by atoms with van der Waals surface area (Å²) in [6.45, 7) is 4.66. The number of rotatable bonds is 4. The van der Waals surface area contributed by atoms with Crippen LogP contribution in [0.3, 0.4) is 0 Å². The van der Waals surface area contributed by atoms with Crippen LogP contribution in [0.4, 0.5) is 25.3 Å². The molecule has 0 radical (unpaired) electrons. The van der Waals surface area contributed by atoms with Gasteiger partial charge in [-0.1, -0.05) is 6.07 Å². The number of halogens is 2. The van der Waals surface area contributed by atoms with Crippen molar-refractivity contribution < 1.29 is 23.1 Å². The quantitative estimate of drug-likeness (QED) is 0.324. The van der Waals surface area contributed by atoms with Crippen molar-refractivity contribution in [2.45, 2.75) is 51.1 Å². The van der Waals surface area contributed by atoms with Gasteiger partial charge in [0.2, 0.25) is 0 Å². The first-order valence-corrected chi connectivity index (χ1v) is 12.6. The lowest BCUT2D eigenvalue weighted by atomic mass is 9.90. The van der Waals surface area contributed by atoms with Gasteiger partial charge in [-0.25, -0.2) is 13.6 Å². The second kappa shape index (κ2) is 8.44. The van der Waals surface area contributed by atoms with Gasteiger partial charge in [-0.3, -0.25) is 4.79 Å². The van der Waals surface area contributed by atoms with Gasteiger partial charge in [-0.15, -0.1) is 0 Å². The van der Waals surface area contributed by atoms with Crippen molar-refractivity contribution in [2.75, 3.05) is 23.7 Å². The predicted octanol–water partition coefficient (Wildman–Crippen LogP) is 4.94. The van der Waals surface area contributed by atoms with Crippen molar-refractivity contribution in [3.8, 4) is 11.1 Å². The highest BCUT2D eigenvalue weighted by Gasteiger charge is 2.35. The van der Waals surface area contributed by atoms with E-state index in [-0.39, 0.29) is 28.4 Å². The lowest BCUT2D eigenvalue weighted by Gasteiger charge is -2.38. The van der Waals surface area contributed by atoms with Crippen LogP contribution in [0, 0.1) is 18.6 Å². The number of amides is 1. The van der Waals surface area contributed by atoms with Gasteiger partial charge in [0.05, 0.1) is 11.2 Å². The van der Waals surface area contributed by atoms with Gasteiger partial charge >= 0.3 is 6.09 Å². The summed E-state index contributed by atoms with van der Waals surface area (Å²) in [4.78, 5) is 31.3. The summed E-state index contributed by atoms with van der Waals surface area (Å²) in [6, 6.07) is 5.78. The highest BCUT2D eigenvalue weighted by Crippen LogP contribution is 2.41. The SMILES string of the molecule is Cc1c(-c2cc(F)c(N)cc2F)ccc2c3oc(N4CCC(C)(NC(=O)O)CC4)nc3c(=O)n(C3CC3)c12. The fourth-order valence-corrected chi connectivity index (χ4v) is 5.50. The van der Waals surface area contributed by atoms with Crippen LogP contribution in [0.2, 0.25) is 0 Å². The Morgan fingerprint density at radius 2 is 1.89 bits per heavy atom. The van der Waals surface area contributed by atoms with Crippen LogP contribution in [-0.2, 0) is 0 Å². The van der Waals surface area contributed by atoms with Gasteiger partial charge in [-0.05, 0) is 62.8 Å². The van der Waals surface area contributed by atoms with E-state index in [4.69, 9.17) is 15.3 Å². The van der Waals surface area contributed by atoms with Crippen LogP contribution in [0.5, 0.6) is 0 Å². The van der Waals surface area contributed by atoms with Gasteiger partial charge in [0.15, 0.2) is 11.1 Å². The molecule has 6 rings (SSSR count). The summed E-state index contributed by atoms with van der Waals surface area (Å²) in [5.74, 6) is -1.36. The number of aromatic nitrogens is 2. The second-order valence-electron chi connectivity index (χ2n) is 10.5. The number of carboxylic acid groups (broad SMARTS) is 1. The van der Waals surface area contributed by atoms with Crippen LogP contribution < -0.4 is 21.5 Å². The zero-order chi connectivity index (χ0) is 26.9. The van der Waals surface area contributed by atoms with Gasteiger partial charge < -0.3 is 30.0 Å². The lowest BCUT2D eigenvalue weighted by Crippen LogP contribution is -2.53. The lowest BCUT2D eigenvalue weighted by molar-refractivity contribution is 0.172. The topological polar surface area (TPSA) is 127 Å². The number of nitrogens with zero attached hydrogens (tertiary/aromatic N) is 3. The van der Waals surface area contributed by atoms with Crippen LogP contribution in [-0.4, -0.2) is 39.4 Å². The molecule has 2 aromatic carbocycles. The molecule has 0 unspecified atom stereocenters. The number of piperidine rings is 1. The van der Waals surface area contributed by atoms with E-state index in [9.17, 15) is 18.4 Å². The molecule has 11 heteroatoms. The summed E-state index contributed by atoms with van der Waals surface area (Å²) in [7, 11) is 0. The third-order valence-corrected chi connectivity index (χ3v) is 7.79. The number of fused-ring (bicyclic) bond motifs is 3.